The fraction of sp³-hybridized carbons (Fsp3) is 0.889. The Morgan fingerprint density at radius 1 is 1.25 bits per heavy atom. The Labute approximate surface area is 75.3 Å². The van der Waals surface area contributed by atoms with Gasteiger partial charge in [-0.3, -0.25) is 0 Å². The molecule has 0 saturated heterocycles. The quantitative estimate of drug-likeness (QED) is 0.526. The van der Waals surface area contributed by atoms with Crippen LogP contribution in [0.3, 0.4) is 0 Å². The summed E-state index contributed by atoms with van der Waals surface area (Å²) in [4.78, 5) is 0. The molecule has 1 fully saturated rings. The van der Waals surface area contributed by atoms with Gasteiger partial charge in [0.2, 0.25) is 0 Å². The van der Waals surface area contributed by atoms with Gasteiger partial charge in [-0.2, -0.15) is 0 Å². The molecule has 0 aromatic heterocycles. The molecule has 1 aliphatic rings. The highest BCUT2D eigenvalue weighted by molar-refractivity contribution is 4.98. The van der Waals surface area contributed by atoms with Gasteiger partial charge in [-0.15, -0.1) is 0 Å². The third-order valence-electron chi connectivity index (χ3n) is 2.90. The van der Waals surface area contributed by atoms with Crippen LogP contribution in [0, 0.1) is 6.42 Å². The molecule has 3 heteroatoms. The maximum atomic E-state index is 3.35. The second kappa shape index (κ2) is 4.21. The molecule has 0 amide bonds. The van der Waals surface area contributed by atoms with Crippen molar-refractivity contribution < 1.29 is 0 Å². The highest BCUT2D eigenvalue weighted by atomic mass is 15.2. The van der Waals surface area contributed by atoms with E-state index in [2.05, 4.69) is 22.4 Å². The van der Waals surface area contributed by atoms with Crippen molar-refractivity contribution in [1.82, 2.24) is 16.0 Å². The van der Waals surface area contributed by atoms with Crippen LogP contribution in [-0.4, -0.2) is 32.8 Å². The third-order valence-corrected chi connectivity index (χ3v) is 2.90. The van der Waals surface area contributed by atoms with Crippen LogP contribution >= 0.6 is 0 Å². The summed E-state index contributed by atoms with van der Waals surface area (Å²) in [5.41, 5.74) is 0.117. The summed E-state index contributed by atoms with van der Waals surface area (Å²) in [6.07, 6.45) is 5.78. The number of rotatable bonds is 3. The average molecular weight is 170 g/mol. The standard InChI is InChI=1S/C9H20N3/c1-10-8-5-4-6-9(7-8,11-2)12-3/h4,8,10-12H,5-7H2,1-3H3. The molecule has 3 nitrogen and oxygen atoms in total. The van der Waals surface area contributed by atoms with Crippen molar-refractivity contribution in [2.45, 2.75) is 31.0 Å². The number of hydrogen-bond acceptors (Lipinski definition) is 3. The Hall–Kier alpha value is -0.120. The van der Waals surface area contributed by atoms with Crippen molar-refractivity contribution in [1.29, 1.82) is 0 Å². The Balaban J connectivity index is 2.52. The summed E-state index contributed by atoms with van der Waals surface area (Å²) in [7, 11) is 6.06. The normalized spacial score (nSPS) is 28.8. The van der Waals surface area contributed by atoms with Gasteiger partial charge in [0, 0.05) is 6.04 Å². The van der Waals surface area contributed by atoms with Gasteiger partial charge in [0.1, 0.15) is 0 Å². The number of hydrogen-bond donors (Lipinski definition) is 3. The first kappa shape index (κ1) is 9.96. The van der Waals surface area contributed by atoms with Gasteiger partial charge >= 0.3 is 0 Å². The maximum Gasteiger partial charge on any atom is 0.0700 e. The molecule has 0 heterocycles. The second-order valence-electron chi connectivity index (χ2n) is 3.50. The van der Waals surface area contributed by atoms with Crippen LogP contribution in [0.15, 0.2) is 0 Å². The van der Waals surface area contributed by atoms with E-state index < -0.39 is 0 Å². The molecule has 0 aliphatic heterocycles. The van der Waals surface area contributed by atoms with Crippen molar-refractivity contribution in [2.75, 3.05) is 21.1 Å². The molecule has 0 aromatic carbocycles. The van der Waals surface area contributed by atoms with E-state index in [9.17, 15) is 0 Å². The summed E-state index contributed by atoms with van der Waals surface area (Å²) < 4.78 is 0. The van der Waals surface area contributed by atoms with Crippen LogP contribution < -0.4 is 16.0 Å². The fourth-order valence-electron chi connectivity index (χ4n) is 1.87. The van der Waals surface area contributed by atoms with Crippen molar-refractivity contribution in [3.8, 4) is 0 Å². The first-order valence-electron chi connectivity index (χ1n) is 4.63. The molecule has 1 radical (unpaired) electrons. The highest BCUT2D eigenvalue weighted by Crippen LogP contribution is 2.24. The monoisotopic (exact) mass is 170 g/mol. The lowest BCUT2D eigenvalue weighted by Crippen LogP contribution is -2.59. The van der Waals surface area contributed by atoms with Gasteiger partial charge in [0.25, 0.3) is 0 Å². The summed E-state index contributed by atoms with van der Waals surface area (Å²) >= 11 is 0. The molecule has 1 rings (SSSR count). The lowest BCUT2D eigenvalue weighted by molar-refractivity contribution is 0.208. The fourth-order valence-corrected chi connectivity index (χ4v) is 1.87. The summed E-state index contributed by atoms with van der Waals surface area (Å²) in [6.45, 7) is 0. The van der Waals surface area contributed by atoms with Crippen molar-refractivity contribution in [2.24, 2.45) is 0 Å². The molecule has 71 valence electrons. The van der Waals surface area contributed by atoms with E-state index in [1.54, 1.807) is 0 Å². The summed E-state index contributed by atoms with van der Waals surface area (Å²) in [6, 6.07) is 0.610. The smallest absolute Gasteiger partial charge is 0.0700 e. The Kier molecular flexibility index (Phi) is 3.50. The summed E-state index contributed by atoms with van der Waals surface area (Å²) in [5, 5.41) is 10.0. The Morgan fingerprint density at radius 3 is 2.42 bits per heavy atom. The minimum atomic E-state index is 0.117. The molecule has 1 aliphatic carbocycles. The van der Waals surface area contributed by atoms with Crippen molar-refractivity contribution in [3.63, 3.8) is 0 Å². The van der Waals surface area contributed by atoms with Crippen LogP contribution in [0.4, 0.5) is 0 Å². The van der Waals surface area contributed by atoms with Gasteiger partial charge in [-0.1, -0.05) is 0 Å². The van der Waals surface area contributed by atoms with E-state index in [1.165, 1.54) is 6.42 Å². The molecule has 0 spiro atoms. The van der Waals surface area contributed by atoms with Crippen LogP contribution in [0.5, 0.6) is 0 Å². The van der Waals surface area contributed by atoms with Crippen LogP contribution in [0.1, 0.15) is 19.3 Å². The van der Waals surface area contributed by atoms with Crippen LogP contribution in [0.2, 0.25) is 0 Å². The van der Waals surface area contributed by atoms with Crippen LogP contribution in [0.25, 0.3) is 0 Å². The van der Waals surface area contributed by atoms with Gasteiger partial charge in [-0.05, 0) is 46.8 Å². The second-order valence-corrected chi connectivity index (χ2v) is 3.50. The summed E-state index contributed by atoms with van der Waals surface area (Å²) in [5.74, 6) is 0. The molecule has 12 heavy (non-hydrogen) atoms. The van der Waals surface area contributed by atoms with Gasteiger partial charge in [0.05, 0.1) is 5.66 Å². The topological polar surface area (TPSA) is 36.1 Å². The van der Waals surface area contributed by atoms with E-state index in [4.69, 9.17) is 0 Å². The van der Waals surface area contributed by atoms with Gasteiger partial charge in [-0.25, -0.2) is 0 Å². The maximum absolute atomic E-state index is 3.35. The Morgan fingerprint density at radius 2 is 1.92 bits per heavy atom. The third kappa shape index (κ3) is 1.97. The molecule has 1 saturated carbocycles. The van der Waals surface area contributed by atoms with E-state index in [1.807, 2.05) is 21.1 Å². The van der Waals surface area contributed by atoms with E-state index >= 15 is 0 Å². The van der Waals surface area contributed by atoms with Gasteiger partial charge in [0.15, 0.2) is 0 Å². The predicted molar refractivity (Wildman–Crippen MR) is 51.8 cm³/mol. The van der Waals surface area contributed by atoms with Crippen molar-refractivity contribution in [3.05, 3.63) is 6.42 Å². The molecular formula is C9H20N3. The first-order chi connectivity index (χ1) is 5.76. The molecule has 1 unspecified atom stereocenters. The largest absolute Gasteiger partial charge is 0.317 e. The van der Waals surface area contributed by atoms with E-state index in [0.29, 0.717) is 6.04 Å². The van der Waals surface area contributed by atoms with E-state index in [-0.39, 0.29) is 5.66 Å². The minimum Gasteiger partial charge on any atom is -0.317 e. The molecule has 1 atom stereocenters. The van der Waals surface area contributed by atoms with Crippen LogP contribution in [-0.2, 0) is 0 Å². The Bertz CT molecular complexity index is 132. The highest BCUT2D eigenvalue weighted by Gasteiger charge is 2.32. The first-order valence-corrected chi connectivity index (χ1v) is 4.63. The zero-order valence-electron chi connectivity index (χ0n) is 8.28. The lowest BCUT2D eigenvalue weighted by Gasteiger charge is -2.40. The van der Waals surface area contributed by atoms with Crippen molar-refractivity contribution >= 4 is 0 Å². The zero-order valence-corrected chi connectivity index (χ0v) is 8.28. The SMILES string of the molecule is CNC1C[CH]CC(NC)(NC)C1. The zero-order chi connectivity index (χ0) is 9.03. The van der Waals surface area contributed by atoms with E-state index in [0.717, 1.165) is 12.8 Å². The van der Waals surface area contributed by atoms with Gasteiger partial charge < -0.3 is 16.0 Å². The molecule has 3 N–H and O–H groups in total. The molecule has 0 bridgehead atoms. The number of nitrogens with one attached hydrogen (secondary N) is 3. The lowest BCUT2D eigenvalue weighted by atomic mass is 9.85. The molecule has 0 aromatic rings. The predicted octanol–water partition coefficient (Wildman–Crippen LogP) is 0.0977. The minimum absolute atomic E-state index is 0.117. The average Bonchev–Trinajstić information content (AvgIpc) is 2.18. The molecular weight excluding hydrogens is 150 g/mol.